The molecule has 1 aromatic carbocycles. The Bertz CT molecular complexity index is 990. The van der Waals surface area contributed by atoms with Crippen LogP contribution in [0, 0.1) is 0 Å². The van der Waals surface area contributed by atoms with E-state index in [1.807, 2.05) is 6.07 Å². The molecular weight excluding hydrogens is 346 g/mol. The van der Waals surface area contributed by atoms with Crippen molar-refractivity contribution < 1.29 is 14.7 Å². The van der Waals surface area contributed by atoms with Gasteiger partial charge in [0, 0.05) is 48.8 Å². The second kappa shape index (κ2) is 6.99. The van der Waals surface area contributed by atoms with E-state index >= 15 is 0 Å². The first-order valence-electron chi connectivity index (χ1n) is 8.53. The van der Waals surface area contributed by atoms with Gasteiger partial charge in [-0.15, -0.1) is 0 Å². The minimum absolute atomic E-state index is 0.136. The fourth-order valence-corrected chi connectivity index (χ4v) is 3.34. The average molecular weight is 363 g/mol. The van der Waals surface area contributed by atoms with E-state index in [4.69, 9.17) is 0 Å². The molecule has 1 atom stereocenters. The van der Waals surface area contributed by atoms with Gasteiger partial charge < -0.3 is 14.9 Å². The third kappa shape index (κ3) is 3.17. The van der Waals surface area contributed by atoms with Crippen LogP contribution in [-0.2, 0) is 4.79 Å². The average Bonchev–Trinajstić information content (AvgIpc) is 2.73. The van der Waals surface area contributed by atoms with Gasteiger partial charge in [-0.05, 0) is 23.6 Å². The maximum atomic E-state index is 13.2. The molecule has 0 spiro atoms. The minimum Gasteiger partial charge on any atom is -0.480 e. The SMILES string of the molecule is O=C(O)C1CN(c2ncccn2)CCN1C(=O)c1cccc2cnccc12. The molecule has 0 bridgehead atoms. The van der Waals surface area contributed by atoms with Crippen LogP contribution >= 0.6 is 0 Å². The Labute approximate surface area is 155 Å². The maximum Gasteiger partial charge on any atom is 0.328 e. The van der Waals surface area contributed by atoms with Crippen molar-refractivity contribution in [2.45, 2.75) is 6.04 Å². The van der Waals surface area contributed by atoms with Crippen molar-refractivity contribution in [3.05, 3.63) is 60.7 Å². The highest BCUT2D eigenvalue weighted by molar-refractivity contribution is 6.07. The number of pyridine rings is 1. The zero-order valence-electron chi connectivity index (χ0n) is 14.4. The Morgan fingerprint density at radius 1 is 1.04 bits per heavy atom. The first-order valence-corrected chi connectivity index (χ1v) is 8.53. The standard InChI is InChI=1S/C19H17N5O3/c25-17(15-4-1-3-13-11-20-8-5-14(13)15)24-10-9-23(12-16(24)18(26)27)19-21-6-2-7-22-19/h1-8,11,16H,9-10,12H2,(H,26,27). The summed E-state index contributed by atoms with van der Waals surface area (Å²) in [5.74, 6) is -0.884. The van der Waals surface area contributed by atoms with Crippen molar-refractivity contribution in [1.29, 1.82) is 0 Å². The molecule has 8 heteroatoms. The summed E-state index contributed by atoms with van der Waals surface area (Å²) in [4.78, 5) is 40.7. The molecule has 0 aliphatic carbocycles. The smallest absolute Gasteiger partial charge is 0.328 e. The number of carbonyl (C=O) groups excluding carboxylic acids is 1. The highest BCUT2D eigenvalue weighted by atomic mass is 16.4. The second-order valence-corrected chi connectivity index (χ2v) is 6.25. The summed E-state index contributed by atoms with van der Waals surface area (Å²) in [7, 11) is 0. The van der Waals surface area contributed by atoms with Crippen LogP contribution in [-0.4, -0.2) is 62.5 Å². The van der Waals surface area contributed by atoms with Crippen molar-refractivity contribution in [1.82, 2.24) is 19.9 Å². The van der Waals surface area contributed by atoms with Crippen LogP contribution in [0.2, 0.25) is 0 Å². The number of aliphatic carboxylic acids is 1. The lowest BCUT2D eigenvalue weighted by molar-refractivity contribution is -0.142. The predicted octanol–water partition coefficient (Wildman–Crippen LogP) is 1.44. The van der Waals surface area contributed by atoms with Gasteiger partial charge in [-0.2, -0.15) is 0 Å². The fourth-order valence-electron chi connectivity index (χ4n) is 3.34. The third-order valence-electron chi connectivity index (χ3n) is 4.67. The number of aromatic nitrogens is 3. The Kier molecular flexibility index (Phi) is 4.37. The second-order valence-electron chi connectivity index (χ2n) is 6.25. The van der Waals surface area contributed by atoms with Gasteiger partial charge in [0.1, 0.15) is 6.04 Å². The topological polar surface area (TPSA) is 99.5 Å². The zero-order valence-corrected chi connectivity index (χ0v) is 14.4. The molecule has 0 radical (unpaired) electrons. The monoisotopic (exact) mass is 363 g/mol. The highest BCUT2D eigenvalue weighted by Gasteiger charge is 2.36. The van der Waals surface area contributed by atoms with E-state index in [2.05, 4.69) is 15.0 Å². The lowest BCUT2D eigenvalue weighted by Gasteiger charge is -2.39. The van der Waals surface area contributed by atoms with E-state index in [9.17, 15) is 14.7 Å². The number of carboxylic acid groups (broad SMARTS) is 1. The van der Waals surface area contributed by atoms with E-state index in [0.717, 1.165) is 10.8 Å². The number of carboxylic acids is 1. The quantitative estimate of drug-likeness (QED) is 0.751. The van der Waals surface area contributed by atoms with E-state index in [-0.39, 0.29) is 19.0 Å². The number of amides is 1. The normalized spacial score (nSPS) is 17.1. The molecule has 2 aromatic heterocycles. The summed E-state index contributed by atoms with van der Waals surface area (Å²) in [6, 6.07) is 7.86. The molecule has 27 heavy (non-hydrogen) atoms. The number of benzene rings is 1. The first kappa shape index (κ1) is 16.9. The van der Waals surface area contributed by atoms with Gasteiger partial charge in [0.15, 0.2) is 0 Å². The summed E-state index contributed by atoms with van der Waals surface area (Å²) < 4.78 is 0. The number of carbonyl (C=O) groups is 2. The van der Waals surface area contributed by atoms with E-state index in [1.165, 1.54) is 4.90 Å². The number of rotatable bonds is 3. The molecule has 136 valence electrons. The van der Waals surface area contributed by atoms with Gasteiger partial charge in [-0.1, -0.05) is 12.1 Å². The minimum atomic E-state index is -1.05. The zero-order chi connectivity index (χ0) is 18.8. The van der Waals surface area contributed by atoms with E-state index in [0.29, 0.717) is 18.1 Å². The van der Waals surface area contributed by atoms with Crippen LogP contribution in [0.3, 0.4) is 0 Å². The number of hydrogen-bond acceptors (Lipinski definition) is 6. The summed E-state index contributed by atoms with van der Waals surface area (Å²) in [6.07, 6.45) is 6.53. The molecule has 3 aromatic rings. The van der Waals surface area contributed by atoms with Crippen molar-refractivity contribution in [2.75, 3.05) is 24.5 Å². The summed E-state index contributed by atoms with van der Waals surface area (Å²) >= 11 is 0. The highest BCUT2D eigenvalue weighted by Crippen LogP contribution is 2.22. The molecule has 1 fully saturated rings. The number of piperazine rings is 1. The van der Waals surface area contributed by atoms with Crippen molar-refractivity contribution in [3.8, 4) is 0 Å². The van der Waals surface area contributed by atoms with Gasteiger partial charge in [-0.25, -0.2) is 14.8 Å². The van der Waals surface area contributed by atoms with Gasteiger partial charge >= 0.3 is 5.97 Å². The Morgan fingerprint density at radius 3 is 2.63 bits per heavy atom. The van der Waals surface area contributed by atoms with Gasteiger partial charge in [-0.3, -0.25) is 9.78 Å². The van der Waals surface area contributed by atoms with E-state index < -0.39 is 12.0 Å². The van der Waals surface area contributed by atoms with Crippen molar-refractivity contribution in [2.24, 2.45) is 0 Å². The van der Waals surface area contributed by atoms with Crippen molar-refractivity contribution >= 4 is 28.6 Å². The van der Waals surface area contributed by atoms with Crippen molar-refractivity contribution in [3.63, 3.8) is 0 Å². The molecule has 8 nitrogen and oxygen atoms in total. The largest absolute Gasteiger partial charge is 0.480 e. The molecule has 1 amide bonds. The maximum absolute atomic E-state index is 13.2. The van der Waals surface area contributed by atoms with Gasteiger partial charge in [0.2, 0.25) is 5.95 Å². The molecule has 1 aliphatic rings. The van der Waals surface area contributed by atoms with E-state index in [1.54, 1.807) is 54.0 Å². The van der Waals surface area contributed by atoms with Gasteiger partial charge in [0.25, 0.3) is 5.91 Å². The Hall–Kier alpha value is -3.55. The van der Waals surface area contributed by atoms with Crippen LogP contribution < -0.4 is 4.90 Å². The molecule has 1 aliphatic heterocycles. The molecule has 1 N–H and O–H groups in total. The van der Waals surface area contributed by atoms with Gasteiger partial charge in [0.05, 0.1) is 6.54 Å². The predicted molar refractivity (Wildman–Crippen MR) is 98.4 cm³/mol. The summed E-state index contributed by atoms with van der Waals surface area (Å²) in [5, 5.41) is 11.3. The number of anilines is 1. The number of hydrogen-bond donors (Lipinski definition) is 1. The lowest BCUT2D eigenvalue weighted by atomic mass is 10.0. The van der Waals surface area contributed by atoms with Crippen LogP contribution in [0.1, 0.15) is 10.4 Å². The molecule has 0 saturated carbocycles. The molecule has 4 rings (SSSR count). The fraction of sp³-hybridized carbons (Fsp3) is 0.211. The summed E-state index contributed by atoms with van der Waals surface area (Å²) in [5.41, 5.74) is 0.477. The molecular formula is C19H17N5O3. The number of nitrogens with zero attached hydrogens (tertiary/aromatic N) is 5. The number of fused-ring (bicyclic) bond motifs is 1. The van der Waals surface area contributed by atoms with Crippen LogP contribution in [0.5, 0.6) is 0 Å². The Morgan fingerprint density at radius 2 is 1.85 bits per heavy atom. The third-order valence-corrected chi connectivity index (χ3v) is 4.67. The molecule has 1 unspecified atom stereocenters. The lowest BCUT2D eigenvalue weighted by Crippen LogP contribution is -2.58. The molecule has 3 heterocycles. The summed E-state index contributed by atoms with van der Waals surface area (Å²) in [6.45, 7) is 0.874. The first-order chi connectivity index (χ1) is 13.1. The van der Waals surface area contributed by atoms with Crippen LogP contribution in [0.15, 0.2) is 55.1 Å². The van der Waals surface area contributed by atoms with Crippen LogP contribution in [0.25, 0.3) is 10.8 Å². The van der Waals surface area contributed by atoms with Crippen LogP contribution in [0.4, 0.5) is 5.95 Å². The Balaban J connectivity index is 1.64. The molecule has 1 saturated heterocycles.